The van der Waals surface area contributed by atoms with E-state index in [-0.39, 0.29) is 11.8 Å². The minimum Gasteiger partial charge on any atom is -0.346 e. The predicted octanol–water partition coefficient (Wildman–Crippen LogP) is 4.67. The Balaban J connectivity index is 1.10. The van der Waals surface area contributed by atoms with Crippen LogP contribution >= 0.6 is 0 Å². The zero-order valence-electron chi connectivity index (χ0n) is 24.6. The van der Waals surface area contributed by atoms with E-state index in [1.165, 1.54) is 12.1 Å². The zero-order chi connectivity index (χ0) is 31.0. The van der Waals surface area contributed by atoms with E-state index < -0.39 is 11.7 Å². The summed E-state index contributed by atoms with van der Waals surface area (Å²) in [4.78, 5) is 12.6. The minimum absolute atomic E-state index is 0.226. The summed E-state index contributed by atoms with van der Waals surface area (Å²) in [6.45, 7) is 3.31. The van der Waals surface area contributed by atoms with Gasteiger partial charge in [-0.2, -0.15) is 17.7 Å². The van der Waals surface area contributed by atoms with Gasteiger partial charge >= 0.3 is 6.18 Å². The van der Waals surface area contributed by atoms with E-state index in [0.717, 1.165) is 108 Å². The van der Waals surface area contributed by atoms with Gasteiger partial charge in [0.2, 0.25) is 0 Å². The van der Waals surface area contributed by atoms with Gasteiger partial charge in [-0.3, -0.25) is 0 Å². The highest BCUT2D eigenvalue weighted by Crippen LogP contribution is 2.36. The highest BCUT2D eigenvalue weighted by molar-refractivity contribution is 5.95. The Morgan fingerprint density at radius 3 is 2.33 bits per heavy atom. The molecule has 0 aliphatic carbocycles. The first-order valence-corrected chi connectivity index (χ1v) is 15.5. The fraction of sp³-hybridized carbons (Fsp3) is 0.355. The number of nitrogens with one attached hydrogen (secondary N) is 2. The van der Waals surface area contributed by atoms with Crippen LogP contribution in [0.25, 0.3) is 44.5 Å². The second-order valence-electron chi connectivity index (χ2n) is 12.1. The summed E-state index contributed by atoms with van der Waals surface area (Å²) >= 11 is 0. The van der Waals surface area contributed by atoms with Crippen molar-refractivity contribution in [1.29, 1.82) is 0 Å². The summed E-state index contributed by atoms with van der Waals surface area (Å²) in [5.41, 5.74) is 5.11. The van der Waals surface area contributed by atoms with Gasteiger partial charge in [-0.15, -0.1) is 10.2 Å². The number of piperidine rings is 2. The SMILES string of the molecule is FC(F)(F)c1ccc(-c2nc3c(ccn3N3CCC(c4nnn5cnc6[nH]ccc6c45)CC3)c3c(C4CCNCC4)nnn23)cc1. The third kappa shape index (κ3) is 4.25. The standard InChI is InChI=1S/C31H29F3N12/c32-31(33,34)21-3-1-20(2-4-21)29-38-30-23(27-25(40-42-46(27)29)18-5-11-35-12-6-18)10-16-45(30)43-14-8-19(9-15-43)24-26-22-7-13-36-28(22)37-17-44(26)41-39-24/h1-4,7,10,13,16-19,35-36H,5-6,8-9,11-12,14-15H2. The number of halogens is 3. The molecule has 234 valence electrons. The molecule has 2 N–H and O–H groups in total. The molecule has 15 heteroatoms. The number of nitrogens with zero attached hydrogens (tertiary/aromatic N) is 10. The maximum atomic E-state index is 13.4. The van der Waals surface area contributed by atoms with E-state index in [4.69, 9.17) is 4.98 Å². The Hall–Kier alpha value is -5.05. The molecule has 2 aliphatic rings. The van der Waals surface area contributed by atoms with E-state index in [1.54, 1.807) is 15.4 Å². The van der Waals surface area contributed by atoms with Crippen LogP contribution < -0.4 is 10.3 Å². The number of benzene rings is 1. The number of aromatic amines is 1. The molecule has 2 fully saturated rings. The van der Waals surface area contributed by atoms with Crippen molar-refractivity contribution in [1.82, 2.24) is 54.6 Å². The Morgan fingerprint density at radius 1 is 0.804 bits per heavy atom. The number of alkyl halides is 3. The van der Waals surface area contributed by atoms with Gasteiger partial charge in [0.05, 0.1) is 17.0 Å². The molecule has 0 unspecified atom stereocenters. The van der Waals surface area contributed by atoms with Gasteiger partial charge in [0, 0.05) is 53.7 Å². The first kappa shape index (κ1) is 27.3. The number of hydrogen-bond donors (Lipinski definition) is 2. The number of H-pyrrole nitrogens is 1. The van der Waals surface area contributed by atoms with Gasteiger partial charge in [0.15, 0.2) is 11.5 Å². The second kappa shape index (κ2) is 10.2. The van der Waals surface area contributed by atoms with Crippen molar-refractivity contribution in [2.45, 2.75) is 43.7 Å². The van der Waals surface area contributed by atoms with E-state index in [9.17, 15) is 13.2 Å². The lowest BCUT2D eigenvalue weighted by atomic mass is 9.93. The highest BCUT2D eigenvalue weighted by atomic mass is 19.4. The maximum absolute atomic E-state index is 13.4. The van der Waals surface area contributed by atoms with E-state index in [2.05, 4.69) is 51.7 Å². The van der Waals surface area contributed by atoms with Crippen LogP contribution in [0, 0.1) is 0 Å². The van der Waals surface area contributed by atoms with Crippen molar-refractivity contribution in [3.8, 4) is 11.4 Å². The molecule has 0 bridgehead atoms. The van der Waals surface area contributed by atoms with Gasteiger partial charge in [0.1, 0.15) is 23.0 Å². The third-order valence-electron chi connectivity index (χ3n) is 9.56. The Morgan fingerprint density at radius 2 is 1.54 bits per heavy atom. The van der Waals surface area contributed by atoms with Crippen LogP contribution in [0.15, 0.2) is 55.1 Å². The number of fused-ring (bicyclic) bond motifs is 6. The van der Waals surface area contributed by atoms with Gasteiger partial charge < -0.3 is 15.3 Å². The molecule has 7 aromatic rings. The average Bonchev–Trinajstić information content (AvgIpc) is 3.89. The molecular formula is C31H29F3N12. The lowest BCUT2D eigenvalue weighted by Gasteiger charge is -2.33. The summed E-state index contributed by atoms with van der Waals surface area (Å²) in [7, 11) is 0. The minimum atomic E-state index is -4.43. The van der Waals surface area contributed by atoms with E-state index in [0.29, 0.717) is 11.4 Å². The molecular weight excluding hydrogens is 597 g/mol. The summed E-state index contributed by atoms with van der Waals surface area (Å²) in [5, 5.41) is 25.7. The zero-order valence-corrected chi connectivity index (χ0v) is 24.6. The quantitative estimate of drug-likeness (QED) is 0.289. The van der Waals surface area contributed by atoms with Crippen molar-refractivity contribution >= 4 is 33.1 Å². The van der Waals surface area contributed by atoms with Crippen LogP contribution in [-0.2, 0) is 6.18 Å². The van der Waals surface area contributed by atoms with Crippen LogP contribution in [0.5, 0.6) is 0 Å². The molecule has 9 rings (SSSR count). The molecule has 0 spiro atoms. The topological polar surface area (TPSA) is 122 Å². The number of rotatable bonds is 4. The van der Waals surface area contributed by atoms with E-state index in [1.807, 2.05) is 18.5 Å². The monoisotopic (exact) mass is 626 g/mol. The molecule has 46 heavy (non-hydrogen) atoms. The molecule has 2 aliphatic heterocycles. The normalized spacial score (nSPS) is 17.3. The molecule has 0 atom stereocenters. The summed E-state index contributed by atoms with van der Waals surface area (Å²) in [6.07, 6.45) is 4.77. The lowest BCUT2D eigenvalue weighted by Crippen LogP contribution is -2.41. The number of aromatic nitrogens is 10. The molecule has 12 nitrogen and oxygen atoms in total. The van der Waals surface area contributed by atoms with Gasteiger partial charge in [0.25, 0.3) is 0 Å². The van der Waals surface area contributed by atoms with Crippen molar-refractivity contribution in [2.24, 2.45) is 0 Å². The van der Waals surface area contributed by atoms with Crippen molar-refractivity contribution in [3.05, 3.63) is 72.1 Å². The molecule has 1 aromatic carbocycles. The smallest absolute Gasteiger partial charge is 0.346 e. The van der Waals surface area contributed by atoms with Crippen molar-refractivity contribution in [2.75, 3.05) is 31.2 Å². The first-order chi connectivity index (χ1) is 22.4. The van der Waals surface area contributed by atoms with Crippen molar-refractivity contribution < 1.29 is 13.2 Å². The Kier molecular flexibility index (Phi) is 6.07. The molecule has 2 saturated heterocycles. The molecule has 0 saturated carbocycles. The van der Waals surface area contributed by atoms with E-state index >= 15 is 0 Å². The molecule has 0 radical (unpaired) electrons. The van der Waals surface area contributed by atoms with Crippen LogP contribution in [0.4, 0.5) is 13.2 Å². The van der Waals surface area contributed by atoms with Crippen LogP contribution in [0.1, 0.15) is 54.5 Å². The largest absolute Gasteiger partial charge is 0.416 e. The predicted molar refractivity (Wildman–Crippen MR) is 164 cm³/mol. The maximum Gasteiger partial charge on any atom is 0.416 e. The van der Waals surface area contributed by atoms with Crippen LogP contribution in [0.2, 0.25) is 0 Å². The van der Waals surface area contributed by atoms with Crippen LogP contribution in [-0.4, -0.2) is 75.5 Å². The summed E-state index contributed by atoms with van der Waals surface area (Å²) < 4.78 is 45.7. The average molecular weight is 627 g/mol. The lowest BCUT2D eigenvalue weighted by molar-refractivity contribution is -0.137. The van der Waals surface area contributed by atoms with Gasteiger partial charge in [-0.1, -0.05) is 22.6 Å². The molecule has 0 amide bonds. The fourth-order valence-electron chi connectivity index (χ4n) is 7.19. The van der Waals surface area contributed by atoms with Crippen molar-refractivity contribution in [3.63, 3.8) is 0 Å². The second-order valence-corrected chi connectivity index (χ2v) is 12.1. The Bertz CT molecular complexity index is 2210. The molecule has 8 heterocycles. The van der Waals surface area contributed by atoms with Gasteiger partial charge in [-0.05, 0) is 63.0 Å². The summed E-state index contributed by atoms with van der Waals surface area (Å²) in [6, 6.07) is 9.16. The number of hydrogen-bond acceptors (Lipinski definition) is 8. The molecule has 6 aromatic heterocycles. The van der Waals surface area contributed by atoms with Gasteiger partial charge in [-0.25, -0.2) is 19.2 Å². The van der Waals surface area contributed by atoms with Crippen LogP contribution in [0.3, 0.4) is 0 Å². The fourth-order valence-corrected chi connectivity index (χ4v) is 7.19. The summed E-state index contributed by atoms with van der Waals surface area (Å²) in [5.74, 6) is 0.909. The Labute approximate surface area is 259 Å². The highest BCUT2D eigenvalue weighted by Gasteiger charge is 2.32. The first-order valence-electron chi connectivity index (χ1n) is 15.5. The third-order valence-corrected chi connectivity index (χ3v) is 9.56.